The smallest absolute Gasteiger partial charge is 0.251 e. The number of benzene rings is 1. The number of aromatic nitrogens is 2. The van der Waals surface area contributed by atoms with Crippen LogP contribution in [0.2, 0.25) is 0 Å². The Labute approximate surface area is 111 Å². The molecule has 1 aromatic heterocycles. The molecule has 19 heavy (non-hydrogen) atoms. The normalized spacial score (nSPS) is 10.4. The van der Waals surface area contributed by atoms with Crippen molar-refractivity contribution in [3.8, 4) is 5.75 Å². The summed E-state index contributed by atoms with van der Waals surface area (Å²) in [6.07, 6.45) is 1.17. The Morgan fingerprint density at radius 2 is 2.00 bits per heavy atom. The first-order chi connectivity index (χ1) is 9.28. The quantitative estimate of drug-likeness (QED) is 0.807. The number of nitrogens with two attached hydrogens (primary N) is 1. The number of rotatable bonds is 6. The monoisotopic (exact) mass is 259 g/mol. The van der Waals surface area contributed by atoms with Crippen LogP contribution in [0, 0.1) is 0 Å². The molecule has 0 saturated carbocycles. The first-order valence-electron chi connectivity index (χ1n) is 6.25. The van der Waals surface area contributed by atoms with E-state index in [2.05, 4.69) is 9.97 Å². The molecule has 2 aromatic rings. The van der Waals surface area contributed by atoms with Gasteiger partial charge in [0.05, 0.1) is 6.61 Å². The van der Waals surface area contributed by atoms with Gasteiger partial charge < -0.3 is 15.5 Å². The van der Waals surface area contributed by atoms with Gasteiger partial charge in [0.2, 0.25) is 0 Å². The second-order valence-corrected chi connectivity index (χ2v) is 4.13. The third kappa shape index (κ3) is 4.22. The summed E-state index contributed by atoms with van der Waals surface area (Å²) < 4.78 is 5.56. The molecule has 0 aliphatic heterocycles. The van der Waals surface area contributed by atoms with Gasteiger partial charge in [-0.15, -0.1) is 0 Å². The Hall–Kier alpha value is -2.14. The van der Waals surface area contributed by atoms with Crippen molar-refractivity contribution in [2.24, 2.45) is 5.73 Å². The van der Waals surface area contributed by atoms with E-state index >= 15 is 0 Å². The number of nitrogens with one attached hydrogen (secondary N) is 1. The molecule has 0 aliphatic carbocycles. The van der Waals surface area contributed by atoms with Gasteiger partial charge in [-0.2, -0.15) is 0 Å². The Morgan fingerprint density at radius 1 is 1.21 bits per heavy atom. The number of aromatic amines is 1. The van der Waals surface area contributed by atoms with Crippen LogP contribution >= 0.6 is 0 Å². The number of para-hydroxylation sites is 1. The Bertz CT molecular complexity index is 566. The topological polar surface area (TPSA) is 81.0 Å². The summed E-state index contributed by atoms with van der Waals surface area (Å²) in [7, 11) is 0. The lowest BCUT2D eigenvalue weighted by Crippen LogP contribution is -2.16. The maximum Gasteiger partial charge on any atom is 0.251 e. The Morgan fingerprint density at radius 3 is 2.74 bits per heavy atom. The summed E-state index contributed by atoms with van der Waals surface area (Å²) in [5, 5.41) is 0. The summed E-state index contributed by atoms with van der Waals surface area (Å²) in [5.74, 6) is 1.44. The van der Waals surface area contributed by atoms with Gasteiger partial charge in [0.25, 0.3) is 5.56 Å². The van der Waals surface area contributed by atoms with Gasteiger partial charge in [-0.25, -0.2) is 4.98 Å². The maximum atomic E-state index is 11.4. The number of hydrogen-bond donors (Lipinski definition) is 2. The van der Waals surface area contributed by atoms with Crippen molar-refractivity contribution in [1.82, 2.24) is 9.97 Å². The predicted molar refractivity (Wildman–Crippen MR) is 73.3 cm³/mol. The summed E-state index contributed by atoms with van der Waals surface area (Å²) in [6.45, 7) is 0.954. The largest absolute Gasteiger partial charge is 0.493 e. The molecule has 1 heterocycles. The summed E-state index contributed by atoms with van der Waals surface area (Å²) in [5.41, 5.74) is 6.04. The second kappa shape index (κ2) is 6.70. The highest BCUT2D eigenvalue weighted by Gasteiger charge is 2.01. The summed E-state index contributed by atoms with van der Waals surface area (Å²) in [6, 6.07) is 11.0. The van der Waals surface area contributed by atoms with Crippen LogP contribution < -0.4 is 16.0 Å². The molecule has 100 valence electrons. The van der Waals surface area contributed by atoms with E-state index in [9.17, 15) is 4.79 Å². The second-order valence-electron chi connectivity index (χ2n) is 4.13. The molecule has 0 fully saturated rings. The van der Waals surface area contributed by atoms with Gasteiger partial charge in [0.15, 0.2) is 0 Å². The van der Waals surface area contributed by atoms with Gasteiger partial charge >= 0.3 is 0 Å². The van der Waals surface area contributed by atoms with Crippen LogP contribution in [0.3, 0.4) is 0 Å². The highest BCUT2D eigenvalue weighted by atomic mass is 16.5. The van der Waals surface area contributed by atoms with E-state index in [4.69, 9.17) is 10.5 Å². The molecule has 0 unspecified atom stereocenters. The molecule has 5 heteroatoms. The molecule has 0 saturated heterocycles. The van der Waals surface area contributed by atoms with Crippen LogP contribution in [0.1, 0.15) is 11.5 Å². The van der Waals surface area contributed by atoms with Crippen molar-refractivity contribution in [2.45, 2.75) is 12.8 Å². The van der Waals surface area contributed by atoms with Crippen LogP contribution in [0.15, 0.2) is 41.2 Å². The van der Waals surface area contributed by atoms with E-state index in [1.54, 1.807) is 0 Å². The van der Waals surface area contributed by atoms with Gasteiger partial charge in [0.1, 0.15) is 11.6 Å². The fourth-order valence-electron chi connectivity index (χ4n) is 1.74. The highest BCUT2D eigenvalue weighted by Crippen LogP contribution is 2.08. The van der Waals surface area contributed by atoms with Crippen molar-refractivity contribution in [1.29, 1.82) is 0 Å². The lowest BCUT2D eigenvalue weighted by molar-refractivity contribution is 0.318. The zero-order chi connectivity index (χ0) is 13.5. The SMILES string of the molecule is NCCc1cc(=O)[nH]c(CCOc2ccccc2)n1. The maximum absolute atomic E-state index is 11.4. The molecule has 0 radical (unpaired) electrons. The number of H-pyrrole nitrogens is 1. The average molecular weight is 259 g/mol. The zero-order valence-electron chi connectivity index (χ0n) is 10.6. The third-order valence-electron chi connectivity index (χ3n) is 2.60. The van der Waals surface area contributed by atoms with Gasteiger partial charge in [0, 0.05) is 24.6 Å². The molecule has 3 N–H and O–H groups in total. The Balaban J connectivity index is 1.94. The zero-order valence-corrected chi connectivity index (χ0v) is 10.6. The molecule has 1 aromatic carbocycles. The fourth-order valence-corrected chi connectivity index (χ4v) is 1.74. The van der Waals surface area contributed by atoms with E-state index in [0.717, 1.165) is 11.4 Å². The van der Waals surface area contributed by atoms with Crippen LogP contribution in [-0.2, 0) is 12.8 Å². The van der Waals surface area contributed by atoms with E-state index < -0.39 is 0 Å². The summed E-state index contributed by atoms with van der Waals surface area (Å²) >= 11 is 0. The first-order valence-corrected chi connectivity index (χ1v) is 6.25. The van der Waals surface area contributed by atoms with Crippen molar-refractivity contribution in [3.05, 3.63) is 58.3 Å². The van der Waals surface area contributed by atoms with Crippen molar-refractivity contribution in [2.75, 3.05) is 13.2 Å². The van der Waals surface area contributed by atoms with Gasteiger partial charge in [-0.3, -0.25) is 4.79 Å². The molecule has 0 atom stereocenters. The van der Waals surface area contributed by atoms with Crippen LogP contribution in [-0.4, -0.2) is 23.1 Å². The molecule has 0 amide bonds. The fraction of sp³-hybridized carbons (Fsp3) is 0.286. The molecule has 2 rings (SSSR count). The van der Waals surface area contributed by atoms with Crippen molar-refractivity contribution < 1.29 is 4.74 Å². The minimum absolute atomic E-state index is 0.145. The lowest BCUT2D eigenvalue weighted by Gasteiger charge is -2.06. The van der Waals surface area contributed by atoms with Gasteiger partial charge in [-0.05, 0) is 18.7 Å². The number of nitrogens with zero attached hydrogens (tertiary/aromatic N) is 1. The average Bonchev–Trinajstić information content (AvgIpc) is 2.40. The molecule has 5 nitrogen and oxygen atoms in total. The lowest BCUT2D eigenvalue weighted by atomic mass is 10.3. The molecular weight excluding hydrogens is 242 g/mol. The Kier molecular flexibility index (Phi) is 4.69. The summed E-state index contributed by atoms with van der Waals surface area (Å²) in [4.78, 5) is 18.5. The standard InChI is InChI=1S/C14H17N3O2/c15-8-6-11-10-14(18)17-13(16-11)7-9-19-12-4-2-1-3-5-12/h1-5,10H,6-9,15H2,(H,16,17,18). The van der Waals surface area contributed by atoms with E-state index in [-0.39, 0.29) is 5.56 Å². The van der Waals surface area contributed by atoms with Crippen molar-refractivity contribution >= 4 is 0 Å². The molecule has 0 aliphatic rings. The van der Waals surface area contributed by atoms with Crippen LogP contribution in [0.4, 0.5) is 0 Å². The van der Waals surface area contributed by atoms with Crippen LogP contribution in [0.5, 0.6) is 5.75 Å². The molecule has 0 bridgehead atoms. The molecule has 0 spiro atoms. The highest BCUT2D eigenvalue weighted by molar-refractivity contribution is 5.20. The van der Waals surface area contributed by atoms with Gasteiger partial charge in [-0.1, -0.05) is 18.2 Å². The number of ether oxygens (including phenoxy) is 1. The van der Waals surface area contributed by atoms with E-state index in [1.165, 1.54) is 6.07 Å². The van der Waals surface area contributed by atoms with Crippen LogP contribution in [0.25, 0.3) is 0 Å². The van der Waals surface area contributed by atoms with E-state index in [1.807, 2.05) is 30.3 Å². The van der Waals surface area contributed by atoms with Crippen molar-refractivity contribution in [3.63, 3.8) is 0 Å². The minimum Gasteiger partial charge on any atom is -0.493 e. The first kappa shape index (κ1) is 13.3. The molecular formula is C14H17N3O2. The minimum atomic E-state index is -0.145. The predicted octanol–water partition coefficient (Wildman–Crippen LogP) is 0.893. The third-order valence-corrected chi connectivity index (χ3v) is 2.60. The number of hydrogen-bond acceptors (Lipinski definition) is 4. The van der Waals surface area contributed by atoms with E-state index in [0.29, 0.717) is 31.8 Å².